The molecule has 3 rings (SSSR count). The lowest BCUT2D eigenvalue weighted by Gasteiger charge is -2.26. The minimum atomic E-state index is -0.448. The molecule has 1 saturated heterocycles. The summed E-state index contributed by atoms with van der Waals surface area (Å²) in [5.41, 5.74) is 0.269. The Morgan fingerprint density at radius 3 is 2.62 bits per heavy atom. The van der Waals surface area contributed by atoms with Gasteiger partial charge < -0.3 is 9.64 Å². The number of esters is 1. The highest BCUT2D eigenvalue weighted by Crippen LogP contribution is 2.27. The summed E-state index contributed by atoms with van der Waals surface area (Å²) in [4.78, 5) is 44.5. The van der Waals surface area contributed by atoms with Gasteiger partial charge in [0.25, 0.3) is 5.56 Å². The van der Waals surface area contributed by atoms with Gasteiger partial charge in [0, 0.05) is 13.1 Å². The molecule has 0 aliphatic carbocycles. The average molecular weight is 377 g/mol. The Bertz CT molecular complexity index is 894. The predicted molar refractivity (Wildman–Crippen MR) is 99.6 cm³/mol. The quantitative estimate of drug-likeness (QED) is 0.764. The van der Waals surface area contributed by atoms with Crippen molar-refractivity contribution in [2.75, 3.05) is 13.1 Å². The number of aromatic nitrogens is 2. The minimum Gasteiger partial charge on any atom is -0.459 e. The molecule has 1 amide bonds. The molecule has 0 unspecified atom stereocenters. The van der Waals surface area contributed by atoms with Crippen LogP contribution in [-0.4, -0.2) is 45.5 Å². The van der Waals surface area contributed by atoms with Gasteiger partial charge in [0.05, 0.1) is 17.8 Å². The molecule has 26 heavy (non-hydrogen) atoms. The highest BCUT2D eigenvalue weighted by molar-refractivity contribution is 7.20. The molecule has 2 aromatic heterocycles. The van der Waals surface area contributed by atoms with Crippen LogP contribution in [0.15, 0.2) is 11.1 Å². The number of likely N-dealkylation sites (tertiary alicyclic amines) is 1. The van der Waals surface area contributed by atoms with Crippen LogP contribution in [0, 0.1) is 6.92 Å². The van der Waals surface area contributed by atoms with E-state index in [0.717, 1.165) is 43.7 Å². The largest absolute Gasteiger partial charge is 0.459 e. The minimum absolute atomic E-state index is 0.0250. The second kappa shape index (κ2) is 7.57. The number of thiophene rings is 1. The number of nitrogens with zero attached hydrogens (tertiary/aromatic N) is 3. The zero-order chi connectivity index (χ0) is 18.8. The van der Waals surface area contributed by atoms with E-state index in [1.807, 2.05) is 0 Å². The lowest BCUT2D eigenvalue weighted by molar-refractivity contribution is -0.132. The smallest absolute Gasteiger partial charge is 0.348 e. The van der Waals surface area contributed by atoms with Crippen LogP contribution < -0.4 is 5.56 Å². The van der Waals surface area contributed by atoms with Crippen LogP contribution in [-0.2, 0) is 16.1 Å². The van der Waals surface area contributed by atoms with Crippen LogP contribution in [0.4, 0.5) is 0 Å². The summed E-state index contributed by atoms with van der Waals surface area (Å²) in [5.74, 6) is -0.517. The summed E-state index contributed by atoms with van der Waals surface area (Å²) in [6.45, 7) is 6.73. The van der Waals surface area contributed by atoms with E-state index in [4.69, 9.17) is 4.74 Å². The standard InChI is InChI=1S/C18H23N3O4S/c1-11(2)25-18(24)15-12(3)14-16(26-15)19-10-21(17(14)23)9-13(22)20-7-5-4-6-8-20/h10-11H,4-9H2,1-3H3. The fraction of sp³-hybridized carbons (Fsp3) is 0.556. The van der Waals surface area contributed by atoms with Crippen LogP contribution in [0.25, 0.3) is 10.2 Å². The van der Waals surface area contributed by atoms with Crippen LogP contribution >= 0.6 is 11.3 Å². The molecule has 1 aliphatic rings. The summed E-state index contributed by atoms with van der Waals surface area (Å²) < 4.78 is 6.56. The fourth-order valence-corrected chi connectivity index (χ4v) is 4.15. The molecule has 2 aromatic rings. The average Bonchev–Trinajstić information content (AvgIpc) is 2.95. The Hall–Kier alpha value is -2.22. The van der Waals surface area contributed by atoms with Crippen molar-refractivity contribution in [3.63, 3.8) is 0 Å². The summed E-state index contributed by atoms with van der Waals surface area (Å²) in [6, 6.07) is 0. The second-order valence-electron chi connectivity index (χ2n) is 6.81. The van der Waals surface area contributed by atoms with Gasteiger partial charge in [0.15, 0.2) is 0 Å². The first-order valence-electron chi connectivity index (χ1n) is 8.85. The lowest BCUT2D eigenvalue weighted by Crippen LogP contribution is -2.39. The van der Waals surface area contributed by atoms with Gasteiger partial charge in [-0.1, -0.05) is 0 Å². The van der Waals surface area contributed by atoms with E-state index in [1.165, 1.54) is 10.9 Å². The highest BCUT2D eigenvalue weighted by Gasteiger charge is 2.23. The van der Waals surface area contributed by atoms with Gasteiger partial charge in [-0.3, -0.25) is 14.2 Å². The van der Waals surface area contributed by atoms with E-state index in [1.54, 1.807) is 25.7 Å². The maximum atomic E-state index is 12.8. The first-order valence-corrected chi connectivity index (χ1v) is 9.67. The highest BCUT2D eigenvalue weighted by atomic mass is 32.1. The molecule has 1 fully saturated rings. The Balaban J connectivity index is 1.90. The number of hydrogen-bond donors (Lipinski definition) is 0. The van der Waals surface area contributed by atoms with E-state index >= 15 is 0 Å². The van der Waals surface area contributed by atoms with Crippen molar-refractivity contribution in [3.05, 3.63) is 27.1 Å². The summed E-state index contributed by atoms with van der Waals surface area (Å²) in [7, 11) is 0. The Kier molecular flexibility index (Phi) is 5.41. The number of piperidine rings is 1. The van der Waals surface area contributed by atoms with Gasteiger partial charge in [0.1, 0.15) is 16.3 Å². The number of aryl methyl sites for hydroxylation is 1. The number of hydrogen-bond acceptors (Lipinski definition) is 6. The topological polar surface area (TPSA) is 81.5 Å². The molecule has 140 valence electrons. The van der Waals surface area contributed by atoms with Crippen molar-refractivity contribution in [2.24, 2.45) is 0 Å². The Morgan fingerprint density at radius 2 is 1.96 bits per heavy atom. The summed E-state index contributed by atoms with van der Waals surface area (Å²) >= 11 is 1.15. The van der Waals surface area contributed by atoms with Crippen LogP contribution in [0.1, 0.15) is 48.3 Å². The summed E-state index contributed by atoms with van der Waals surface area (Å²) in [6.07, 6.45) is 4.30. The SMILES string of the molecule is Cc1c(C(=O)OC(C)C)sc2ncn(CC(=O)N3CCCCC3)c(=O)c12. The van der Waals surface area contributed by atoms with Gasteiger partial charge in [0.2, 0.25) is 5.91 Å². The third-order valence-corrected chi connectivity index (χ3v) is 5.64. The van der Waals surface area contributed by atoms with Crippen molar-refractivity contribution in [2.45, 2.75) is 52.7 Å². The Labute approximate surface area is 155 Å². The van der Waals surface area contributed by atoms with Crippen molar-refractivity contribution in [1.29, 1.82) is 0 Å². The number of fused-ring (bicyclic) bond motifs is 1. The lowest BCUT2D eigenvalue weighted by atomic mass is 10.1. The van der Waals surface area contributed by atoms with Gasteiger partial charge >= 0.3 is 5.97 Å². The maximum Gasteiger partial charge on any atom is 0.348 e. The molecular formula is C18H23N3O4S. The van der Waals surface area contributed by atoms with Gasteiger partial charge in [-0.05, 0) is 45.6 Å². The van der Waals surface area contributed by atoms with Crippen molar-refractivity contribution in [3.8, 4) is 0 Å². The van der Waals surface area contributed by atoms with Crippen molar-refractivity contribution >= 4 is 33.4 Å². The molecule has 0 aromatic carbocycles. The summed E-state index contributed by atoms with van der Waals surface area (Å²) in [5, 5.41) is 0.389. The molecule has 0 N–H and O–H groups in total. The molecule has 7 nitrogen and oxygen atoms in total. The van der Waals surface area contributed by atoms with E-state index in [-0.39, 0.29) is 24.1 Å². The van der Waals surface area contributed by atoms with Crippen molar-refractivity contribution in [1.82, 2.24) is 14.5 Å². The first-order chi connectivity index (χ1) is 12.4. The third kappa shape index (κ3) is 3.65. The fourth-order valence-electron chi connectivity index (χ4n) is 3.12. The van der Waals surface area contributed by atoms with E-state index in [9.17, 15) is 14.4 Å². The number of rotatable bonds is 4. The van der Waals surface area contributed by atoms with Gasteiger partial charge in [-0.15, -0.1) is 11.3 Å². The number of amides is 1. The molecule has 0 spiro atoms. The molecule has 0 radical (unpaired) electrons. The van der Waals surface area contributed by atoms with Gasteiger partial charge in [-0.25, -0.2) is 9.78 Å². The number of carbonyl (C=O) groups excluding carboxylic acids is 2. The molecule has 8 heteroatoms. The second-order valence-corrected chi connectivity index (χ2v) is 7.81. The zero-order valence-electron chi connectivity index (χ0n) is 15.3. The number of ether oxygens (including phenoxy) is 1. The molecule has 0 bridgehead atoms. The molecule has 0 atom stereocenters. The van der Waals surface area contributed by atoms with E-state index in [0.29, 0.717) is 20.7 Å². The van der Waals surface area contributed by atoms with Crippen LogP contribution in [0.3, 0.4) is 0 Å². The zero-order valence-corrected chi connectivity index (χ0v) is 16.1. The first kappa shape index (κ1) is 18.6. The Morgan fingerprint density at radius 1 is 1.27 bits per heavy atom. The van der Waals surface area contributed by atoms with Crippen molar-refractivity contribution < 1.29 is 14.3 Å². The van der Waals surface area contributed by atoms with E-state index in [2.05, 4.69) is 4.98 Å². The van der Waals surface area contributed by atoms with Crippen LogP contribution in [0.5, 0.6) is 0 Å². The molecule has 0 saturated carbocycles. The molecule has 3 heterocycles. The molecular weight excluding hydrogens is 354 g/mol. The number of carbonyl (C=O) groups is 2. The van der Waals surface area contributed by atoms with E-state index < -0.39 is 5.97 Å². The van der Waals surface area contributed by atoms with Crippen LogP contribution in [0.2, 0.25) is 0 Å². The monoisotopic (exact) mass is 377 g/mol. The molecule has 1 aliphatic heterocycles. The normalized spacial score (nSPS) is 14.8. The predicted octanol–water partition coefficient (Wildman–Crippen LogP) is 2.34. The third-order valence-electron chi connectivity index (χ3n) is 4.46. The van der Waals surface area contributed by atoms with Gasteiger partial charge in [-0.2, -0.15) is 0 Å². The maximum absolute atomic E-state index is 12.8.